The average Bonchev–Trinajstić information content (AvgIpc) is 2.65. The largest absolute Gasteiger partial charge is 0.358 e. The van der Waals surface area contributed by atoms with Crippen molar-refractivity contribution < 1.29 is 4.79 Å². The van der Waals surface area contributed by atoms with Gasteiger partial charge in [-0.15, -0.1) is 12.4 Å². The summed E-state index contributed by atoms with van der Waals surface area (Å²) in [6.07, 6.45) is 0. The molecule has 0 aliphatic heterocycles. The predicted octanol–water partition coefficient (Wildman–Crippen LogP) is 1.39. The van der Waals surface area contributed by atoms with Crippen molar-refractivity contribution in [1.29, 1.82) is 0 Å². The lowest BCUT2D eigenvalue weighted by molar-refractivity contribution is -0.122. The molecule has 0 aromatic carbocycles. The molecule has 0 unspecified atom stereocenters. The van der Waals surface area contributed by atoms with Crippen LogP contribution >= 0.6 is 23.7 Å². The molecule has 14 heavy (non-hydrogen) atoms. The third kappa shape index (κ3) is 4.09. The maximum Gasteiger partial charge on any atom is 0.236 e. The van der Waals surface area contributed by atoms with Crippen LogP contribution in [0.5, 0.6) is 0 Å². The highest BCUT2D eigenvalue weighted by molar-refractivity contribution is 7.07. The van der Waals surface area contributed by atoms with Gasteiger partial charge in [-0.05, 0) is 29.3 Å². The second-order valence-corrected chi connectivity index (χ2v) is 3.63. The summed E-state index contributed by atoms with van der Waals surface area (Å²) >= 11 is 1.66. The maximum atomic E-state index is 11.1. The minimum absolute atomic E-state index is 0. The van der Waals surface area contributed by atoms with Crippen molar-refractivity contribution in [1.82, 2.24) is 10.6 Å². The summed E-state index contributed by atoms with van der Waals surface area (Å²) < 4.78 is 0. The number of rotatable bonds is 4. The van der Waals surface area contributed by atoms with Gasteiger partial charge in [0, 0.05) is 13.6 Å². The fraction of sp³-hybridized carbons (Fsp3) is 0.444. The third-order valence-electron chi connectivity index (χ3n) is 1.83. The van der Waals surface area contributed by atoms with Crippen molar-refractivity contribution >= 4 is 29.7 Å². The first-order valence-electron chi connectivity index (χ1n) is 4.20. The molecule has 0 radical (unpaired) electrons. The van der Waals surface area contributed by atoms with E-state index in [1.54, 1.807) is 18.4 Å². The highest BCUT2D eigenvalue weighted by Gasteiger charge is 2.08. The Morgan fingerprint density at radius 2 is 2.36 bits per heavy atom. The van der Waals surface area contributed by atoms with Gasteiger partial charge in [-0.25, -0.2) is 0 Å². The van der Waals surface area contributed by atoms with Gasteiger partial charge in [0.15, 0.2) is 0 Å². The van der Waals surface area contributed by atoms with Gasteiger partial charge in [-0.3, -0.25) is 4.79 Å². The molecule has 1 heterocycles. The van der Waals surface area contributed by atoms with E-state index in [2.05, 4.69) is 16.0 Å². The first-order valence-corrected chi connectivity index (χ1v) is 5.14. The fourth-order valence-corrected chi connectivity index (χ4v) is 1.64. The molecule has 0 bridgehead atoms. The molecule has 5 heteroatoms. The highest BCUT2D eigenvalue weighted by Crippen LogP contribution is 2.05. The van der Waals surface area contributed by atoms with E-state index in [0.717, 1.165) is 6.54 Å². The molecule has 0 saturated carbocycles. The van der Waals surface area contributed by atoms with Crippen LogP contribution in [-0.4, -0.2) is 19.0 Å². The van der Waals surface area contributed by atoms with Crippen LogP contribution in [0.1, 0.15) is 12.5 Å². The Bertz CT molecular complexity index is 264. The number of halogens is 1. The Labute approximate surface area is 94.3 Å². The van der Waals surface area contributed by atoms with Gasteiger partial charge in [-0.1, -0.05) is 0 Å². The monoisotopic (exact) mass is 234 g/mol. The summed E-state index contributed by atoms with van der Waals surface area (Å²) in [4.78, 5) is 11.1. The van der Waals surface area contributed by atoms with E-state index in [4.69, 9.17) is 0 Å². The standard InChI is InChI=1S/C9H14N2OS.ClH/c1-7(9(12)10-2)11-5-8-3-4-13-6-8;/h3-4,6-7,11H,5H2,1-2H3,(H,10,12);1H/t7-;/m1./s1. The second kappa shape index (κ2) is 6.81. The van der Waals surface area contributed by atoms with E-state index < -0.39 is 0 Å². The van der Waals surface area contributed by atoms with Crippen molar-refractivity contribution in [3.63, 3.8) is 0 Å². The molecule has 1 amide bonds. The normalized spacial score (nSPS) is 11.6. The topological polar surface area (TPSA) is 41.1 Å². The van der Waals surface area contributed by atoms with E-state index in [-0.39, 0.29) is 24.4 Å². The number of hydrogen-bond acceptors (Lipinski definition) is 3. The van der Waals surface area contributed by atoms with Gasteiger partial charge in [-0.2, -0.15) is 11.3 Å². The highest BCUT2D eigenvalue weighted by atomic mass is 35.5. The smallest absolute Gasteiger partial charge is 0.236 e. The lowest BCUT2D eigenvalue weighted by atomic mass is 10.3. The Hall–Kier alpha value is -0.580. The van der Waals surface area contributed by atoms with Crippen LogP contribution in [0.3, 0.4) is 0 Å². The number of likely N-dealkylation sites (N-methyl/N-ethyl adjacent to an activating group) is 1. The molecule has 3 nitrogen and oxygen atoms in total. The van der Waals surface area contributed by atoms with Crippen LogP contribution in [-0.2, 0) is 11.3 Å². The Morgan fingerprint density at radius 3 is 2.86 bits per heavy atom. The summed E-state index contributed by atoms with van der Waals surface area (Å²) in [5, 5.41) is 9.83. The Morgan fingerprint density at radius 1 is 1.64 bits per heavy atom. The quantitative estimate of drug-likeness (QED) is 0.827. The lowest BCUT2D eigenvalue weighted by Crippen LogP contribution is -2.40. The van der Waals surface area contributed by atoms with Crippen molar-refractivity contribution in [3.8, 4) is 0 Å². The van der Waals surface area contributed by atoms with Crippen molar-refractivity contribution in [3.05, 3.63) is 22.4 Å². The molecule has 1 aromatic heterocycles. The summed E-state index contributed by atoms with van der Waals surface area (Å²) in [7, 11) is 1.64. The number of thiophene rings is 1. The lowest BCUT2D eigenvalue weighted by Gasteiger charge is -2.10. The third-order valence-corrected chi connectivity index (χ3v) is 2.56. The first-order chi connectivity index (χ1) is 6.24. The maximum absolute atomic E-state index is 11.1. The molecule has 0 saturated heterocycles. The summed E-state index contributed by atoms with van der Waals surface area (Å²) in [5.41, 5.74) is 1.22. The molecule has 1 aromatic rings. The van der Waals surface area contributed by atoms with Gasteiger partial charge in [0.25, 0.3) is 0 Å². The minimum Gasteiger partial charge on any atom is -0.358 e. The summed E-state index contributed by atoms with van der Waals surface area (Å²) in [6, 6.07) is 1.92. The number of hydrogen-bond donors (Lipinski definition) is 2. The van der Waals surface area contributed by atoms with E-state index in [1.807, 2.05) is 18.4 Å². The van der Waals surface area contributed by atoms with Crippen LogP contribution in [0.4, 0.5) is 0 Å². The molecule has 0 aliphatic carbocycles. The zero-order chi connectivity index (χ0) is 9.68. The zero-order valence-corrected chi connectivity index (χ0v) is 9.87. The Balaban J connectivity index is 0.00000169. The van der Waals surface area contributed by atoms with Crippen LogP contribution in [0.25, 0.3) is 0 Å². The van der Waals surface area contributed by atoms with Gasteiger partial charge in [0.1, 0.15) is 0 Å². The van der Waals surface area contributed by atoms with Crippen LogP contribution in [0.15, 0.2) is 16.8 Å². The second-order valence-electron chi connectivity index (χ2n) is 2.85. The predicted molar refractivity (Wildman–Crippen MR) is 61.9 cm³/mol. The molecule has 1 atom stereocenters. The molecule has 80 valence electrons. The number of amides is 1. The minimum atomic E-state index is -0.134. The van der Waals surface area contributed by atoms with Gasteiger partial charge >= 0.3 is 0 Å². The van der Waals surface area contributed by atoms with Crippen molar-refractivity contribution in [2.75, 3.05) is 7.05 Å². The molecule has 0 aliphatic rings. The summed E-state index contributed by atoms with van der Waals surface area (Å²) in [6.45, 7) is 2.60. The molecule has 1 rings (SSSR count). The molecule has 0 spiro atoms. The van der Waals surface area contributed by atoms with Gasteiger partial charge < -0.3 is 10.6 Å². The van der Waals surface area contributed by atoms with E-state index >= 15 is 0 Å². The molecule has 2 N–H and O–H groups in total. The molecule has 0 fully saturated rings. The SMILES string of the molecule is CNC(=O)[C@@H](C)NCc1ccsc1.Cl. The zero-order valence-electron chi connectivity index (χ0n) is 8.24. The van der Waals surface area contributed by atoms with E-state index in [9.17, 15) is 4.79 Å². The molecular weight excluding hydrogens is 220 g/mol. The first kappa shape index (κ1) is 13.4. The van der Waals surface area contributed by atoms with Gasteiger partial charge in [0.2, 0.25) is 5.91 Å². The number of carbonyl (C=O) groups is 1. The van der Waals surface area contributed by atoms with Crippen LogP contribution in [0.2, 0.25) is 0 Å². The van der Waals surface area contributed by atoms with Crippen molar-refractivity contribution in [2.45, 2.75) is 19.5 Å². The number of carbonyl (C=O) groups excluding carboxylic acids is 1. The van der Waals surface area contributed by atoms with Crippen LogP contribution < -0.4 is 10.6 Å². The number of nitrogens with one attached hydrogen (secondary N) is 2. The average molecular weight is 235 g/mol. The van der Waals surface area contributed by atoms with Crippen molar-refractivity contribution in [2.24, 2.45) is 0 Å². The van der Waals surface area contributed by atoms with E-state index in [1.165, 1.54) is 5.56 Å². The van der Waals surface area contributed by atoms with E-state index in [0.29, 0.717) is 0 Å². The Kier molecular flexibility index (Phi) is 6.53. The fourth-order valence-electron chi connectivity index (χ4n) is 0.973. The van der Waals surface area contributed by atoms with Gasteiger partial charge in [0.05, 0.1) is 6.04 Å². The summed E-state index contributed by atoms with van der Waals surface area (Å²) in [5.74, 6) is 0.0234. The molecular formula is C9H15ClN2OS. The van der Waals surface area contributed by atoms with Crippen LogP contribution in [0, 0.1) is 0 Å².